The van der Waals surface area contributed by atoms with Gasteiger partial charge in [-0.1, -0.05) is 17.3 Å². The molecule has 0 fully saturated rings. The van der Waals surface area contributed by atoms with Gasteiger partial charge in [0.05, 0.1) is 17.4 Å². The SMILES string of the molecule is Cc1nc(CCn2cnc3ccccc32)no1. The summed E-state index contributed by atoms with van der Waals surface area (Å²) in [6.45, 7) is 2.60. The van der Waals surface area contributed by atoms with Gasteiger partial charge < -0.3 is 9.09 Å². The van der Waals surface area contributed by atoms with E-state index in [0.29, 0.717) is 5.89 Å². The van der Waals surface area contributed by atoms with Crippen LogP contribution in [0.15, 0.2) is 35.1 Å². The summed E-state index contributed by atoms with van der Waals surface area (Å²) in [6, 6.07) is 8.06. The van der Waals surface area contributed by atoms with E-state index in [-0.39, 0.29) is 0 Å². The molecule has 0 spiro atoms. The first-order valence-electron chi connectivity index (χ1n) is 5.52. The molecule has 0 amide bonds. The molecule has 0 unspecified atom stereocenters. The minimum absolute atomic E-state index is 0.607. The monoisotopic (exact) mass is 228 g/mol. The van der Waals surface area contributed by atoms with Crippen molar-refractivity contribution in [3.8, 4) is 0 Å². The van der Waals surface area contributed by atoms with Crippen molar-refractivity contribution >= 4 is 11.0 Å². The van der Waals surface area contributed by atoms with Crippen molar-refractivity contribution in [3.63, 3.8) is 0 Å². The number of nitrogens with zero attached hydrogens (tertiary/aromatic N) is 4. The van der Waals surface area contributed by atoms with Crippen molar-refractivity contribution < 1.29 is 4.52 Å². The first-order valence-corrected chi connectivity index (χ1v) is 5.52. The third-order valence-electron chi connectivity index (χ3n) is 2.67. The number of para-hydroxylation sites is 2. The number of aryl methyl sites for hydroxylation is 3. The van der Waals surface area contributed by atoms with Crippen molar-refractivity contribution in [2.75, 3.05) is 0 Å². The van der Waals surface area contributed by atoms with Crippen molar-refractivity contribution in [2.24, 2.45) is 0 Å². The lowest BCUT2D eigenvalue weighted by molar-refractivity contribution is 0.386. The number of fused-ring (bicyclic) bond motifs is 1. The molecule has 0 saturated carbocycles. The summed E-state index contributed by atoms with van der Waals surface area (Å²) in [5.41, 5.74) is 2.14. The van der Waals surface area contributed by atoms with Gasteiger partial charge >= 0.3 is 0 Å². The highest BCUT2D eigenvalue weighted by atomic mass is 16.5. The second-order valence-corrected chi connectivity index (χ2v) is 3.91. The summed E-state index contributed by atoms with van der Waals surface area (Å²) >= 11 is 0. The van der Waals surface area contributed by atoms with Crippen LogP contribution in [0.2, 0.25) is 0 Å². The highest BCUT2D eigenvalue weighted by Crippen LogP contribution is 2.12. The smallest absolute Gasteiger partial charge is 0.223 e. The van der Waals surface area contributed by atoms with Gasteiger partial charge in [-0.15, -0.1) is 0 Å². The lowest BCUT2D eigenvalue weighted by atomic mass is 10.3. The van der Waals surface area contributed by atoms with Gasteiger partial charge in [0.15, 0.2) is 5.82 Å². The quantitative estimate of drug-likeness (QED) is 0.687. The average molecular weight is 228 g/mol. The van der Waals surface area contributed by atoms with E-state index in [1.807, 2.05) is 24.5 Å². The molecule has 0 aliphatic carbocycles. The Balaban J connectivity index is 1.81. The number of aromatic nitrogens is 4. The van der Waals surface area contributed by atoms with E-state index in [1.54, 1.807) is 6.92 Å². The van der Waals surface area contributed by atoms with Crippen LogP contribution in [0.25, 0.3) is 11.0 Å². The van der Waals surface area contributed by atoms with Gasteiger partial charge in [0.1, 0.15) is 0 Å². The van der Waals surface area contributed by atoms with Gasteiger partial charge in [-0.2, -0.15) is 4.98 Å². The summed E-state index contributed by atoms with van der Waals surface area (Å²) in [7, 11) is 0. The van der Waals surface area contributed by atoms with Gasteiger partial charge in [-0.25, -0.2) is 4.98 Å². The van der Waals surface area contributed by atoms with Gasteiger partial charge in [-0.3, -0.25) is 0 Å². The first-order chi connectivity index (χ1) is 8.33. The standard InChI is InChI=1S/C12H12N4O/c1-9-14-12(15-17-9)6-7-16-8-13-10-4-2-3-5-11(10)16/h2-5,8H,6-7H2,1H3. The van der Waals surface area contributed by atoms with Crippen molar-refractivity contribution in [1.82, 2.24) is 19.7 Å². The maximum atomic E-state index is 4.94. The summed E-state index contributed by atoms with van der Waals surface area (Å²) in [4.78, 5) is 8.51. The molecule has 0 N–H and O–H groups in total. The summed E-state index contributed by atoms with van der Waals surface area (Å²) in [6.07, 6.45) is 2.59. The van der Waals surface area contributed by atoms with Crippen LogP contribution in [0.3, 0.4) is 0 Å². The van der Waals surface area contributed by atoms with Crippen LogP contribution in [0.5, 0.6) is 0 Å². The number of rotatable bonds is 3. The molecule has 2 aromatic heterocycles. The molecule has 5 nitrogen and oxygen atoms in total. The fourth-order valence-electron chi connectivity index (χ4n) is 1.85. The van der Waals surface area contributed by atoms with E-state index in [0.717, 1.165) is 29.8 Å². The molecule has 0 radical (unpaired) electrons. The maximum Gasteiger partial charge on any atom is 0.223 e. The zero-order valence-electron chi connectivity index (χ0n) is 9.50. The highest BCUT2D eigenvalue weighted by Gasteiger charge is 2.05. The Hall–Kier alpha value is -2.17. The van der Waals surface area contributed by atoms with Gasteiger partial charge in [0, 0.05) is 19.9 Å². The molecule has 0 bridgehead atoms. The minimum atomic E-state index is 0.607. The fourth-order valence-corrected chi connectivity index (χ4v) is 1.85. The predicted molar refractivity (Wildman–Crippen MR) is 62.5 cm³/mol. The Labute approximate surface area is 98.1 Å². The Kier molecular flexibility index (Phi) is 2.36. The Bertz CT molecular complexity index is 641. The van der Waals surface area contributed by atoms with E-state index >= 15 is 0 Å². The molecule has 0 aliphatic heterocycles. The van der Waals surface area contributed by atoms with Crippen molar-refractivity contribution in [2.45, 2.75) is 19.9 Å². The lowest BCUT2D eigenvalue weighted by Crippen LogP contribution is -2.01. The molecule has 0 saturated heterocycles. The van der Waals surface area contributed by atoms with Crippen LogP contribution in [0, 0.1) is 6.92 Å². The summed E-state index contributed by atoms with van der Waals surface area (Å²) in [5.74, 6) is 1.34. The lowest BCUT2D eigenvalue weighted by Gasteiger charge is -2.00. The van der Waals surface area contributed by atoms with Crippen molar-refractivity contribution in [1.29, 1.82) is 0 Å². The second kappa shape index (κ2) is 4.01. The molecule has 17 heavy (non-hydrogen) atoms. The number of imidazole rings is 1. The van der Waals surface area contributed by atoms with Crippen LogP contribution >= 0.6 is 0 Å². The minimum Gasteiger partial charge on any atom is -0.340 e. The van der Waals surface area contributed by atoms with Crippen LogP contribution in [0.1, 0.15) is 11.7 Å². The van der Waals surface area contributed by atoms with Crippen LogP contribution < -0.4 is 0 Å². The normalized spacial score (nSPS) is 11.1. The van der Waals surface area contributed by atoms with Crippen LogP contribution in [-0.2, 0) is 13.0 Å². The molecule has 1 aromatic carbocycles. The van der Waals surface area contributed by atoms with E-state index in [1.165, 1.54) is 0 Å². The molecular weight excluding hydrogens is 216 g/mol. The van der Waals surface area contributed by atoms with Gasteiger partial charge in [0.25, 0.3) is 0 Å². The van der Waals surface area contributed by atoms with Crippen LogP contribution in [-0.4, -0.2) is 19.7 Å². The number of benzene rings is 1. The van der Waals surface area contributed by atoms with E-state index in [9.17, 15) is 0 Å². The zero-order chi connectivity index (χ0) is 11.7. The molecule has 0 atom stereocenters. The molecule has 0 aliphatic rings. The van der Waals surface area contributed by atoms with E-state index in [2.05, 4.69) is 25.8 Å². The third kappa shape index (κ3) is 1.91. The Morgan fingerprint density at radius 1 is 1.29 bits per heavy atom. The zero-order valence-corrected chi connectivity index (χ0v) is 9.50. The highest BCUT2D eigenvalue weighted by molar-refractivity contribution is 5.74. The van der Waals surface area contributed by atoms with Gasteiger partial charge in [-0.05, 0) is 12.1 Å². The van der Waals surface area contributed by atoms with Gasteiger partial charge in [0.2, 0.25) is 5.89 Å². The van der Waals surface area contributed by atoms with Crippen molar-refractivity contribution in [3.05, 3.63) is 42.3 Å². The molecule has 5 heteroatoms. The molecular formula is C12H12N4O. The van der Waals surface area contributed by atoms with E-state index < -0.39 is 0 Å². The molecule has 86 valence electrons. The first kappa shape index (κ1) is 10.0. The Morgan fingerprint density at radius 2 is 2.18 bits per heavy atom. The number of hydrogen-bond donors (Lipinski definition) is 0. The predicted octanol–water partition coefficient (Wildman–Crippen LogP) is 1.97. The topological polar surface area (TPSA) is 56.7 Å². The molecule has 2 heterocycles. The Morgan fingerprint density at radius 3 is 3.00 bits per heavy atom. The average Bonchev–Trinajstić information content (AvgIpc) is 2.93. The molecule has 3 aromatic rings. The summed E-state index contributed by atoms with van der Waals surface area (Å²) < 4.78 is 7.03. The maximum absolute atomic E-state index is 4.94. The van der Waals surface area contributed by atoms with E-state index in [4.69, 9.17) is 4.52 Å². The fraction of sp³-hybridized carbons (Fsp3) is 0.250. The number of hydrogen-bond acceptors (Lipinski definition) is 4. The second-order valence-electron chi connectivity index (χ2n) is 3.91. The third-order valence-corrected chi connectivity index (χ3v) is 2.67. The summed E-state index contributed by atoms with van der Waals surface area (Å²) in [5, 5.41) is 3.88. The van der Waals surface area contributed by atoms with Crippen LogP contribution in [0.4, 0.5) is 0 Å². The largest absolute Gasteiger partial charge is 0.340 e. The molecule has 3 rings (SSSR count).